The molecule has 0 radical (unpaired) electrons. The van der Waals surface area contributed by atoms with Crippen molar-refractivity contribution in [2.24, 2.45) is 5.92 Å². The molecule has 0 saturated carbocycles. The van der Waals surface area contributed by atoms with Gasteiger partial charge >= 0.3 is 5.69 Å². The lowest BCUT2D eigenvalue weighted by Gasteiger charge is -2.41. The first-order chi connectivity index (χ1) is 22.0. The van der Waals surface area contributed by atoms with Crippen molar-refractivity contribution in [2.45, 2.75) is 49.6 Å². The fourth-order valence-electron chi connectivity index (χ4n) is 7.00. The third-order valence-electron chi connectivity index (χ3n) is 9.26. The number of rotatable bonds is 7. The molecule has 6 rings (SSSR count). The molecule has 3 aromatic rings. The summed E-state index contributed by atoms with van der Waals surface area (Å²) >= 11 is 8.19. The van der Waals surface area contributed by atoms with Crippen LogP contribution in [0.25, 0.3) is 22.0 Å². The van der Waals surface area contributed by atoms with Crippen molar-refractivity contribution in [3.63, 3.8) is 0 Å². The number of halogens is 6. The average molecular weight is 716 g/mol. The highest BCUT2D eigenvalue weighted by Crippen LogP contribution is 2.49. The lowest BCUT2D eigenvalue weighted by atomic mass is 9.90. The number of likely N-dealkylation sites (tertiary alicyclic amines) is 1. The highest BCUT2D eigenvalue weighted by Gasteiger charge is 2.35. The quantitative estimate of drug-likeness (QED) is 0.159. The van der Waals surface area contributed by atoms with Gasteiger partial charge in [0.15, 0.2) is 11.6 Å². The third kappa shape index (κ3) is 6.88. The second-order valence-corrected chi connectivity index (χ2v) is 13.6. The summed E-state index contributed by atoms with van der Waals surface area (Å²) in [5, 5.41) is 0.636. The Labute approximate surface area is 285 Å². The first kappa shape index (κ1) is 35.5. The number of alkyl halides is 2. The molecule has 0 bridgehead atoms. The van der Waals surface area contributed by atoms with Crippen molar-refractivity contribution in [2.75, 3.05) is 49.9 Å². The third-order valence-corrected chi connectivity index (χ3v) is 10.8. The van der Waals surface area contributed by atoms with Gasteiger partial charge in [0.25, 0.3) is 6.43 Å². The molecule has 15 heteroatoms. The first-order valence-electron chi connectivity index (χ1n) is 15.2. The van der Waals surface area contributed by atoms with E-state index in [9.17, 15) is 27.2 Å². The van der Waals surface area contributed by atoms with Crippen LogP contribution in [0.1, 0.15) is 32.2 Å². The minimum Gasteiger partial charge on any atom is -0.350 e. The summed E-state index contributed by atoms with van der Waals surface area (Å²) in [5.74, 6) is -2.77. The smallest absolute Gasteiger partial charge is 0.350 e. The molecule has 0 spiro atoms. The number of hydrogen-bond donors (Lipinski definition) is 0. The average Bonchev–Trinajstić information content (AvgIpc) is 3.01. The molecule has 47 heavy (non-hydrogen) atoms. The monoisotopic (exact) mass is 715 g/mol. The predicted molar refractivity (Wildman–Crippen MR) is 180 cm³/mol. The Bertz CT molecular complexity index is 1750. The molecule has 3 aliphatic heterocycles. The Morgan fingerprint density at radius 2 is 1.81 bits per heavy atom. The van der Waals surface area contributed by atoms with Crippen LogP contribution in [0.4, 0.5) is 27.8 Å². The molecular formula is C32H35ClF5N5O2S2. The number of hydrogen-bond acceptors (Lipinski definition) is 6. The standard InChI is InChI=1S/C32H33ClF5N5O2S.H2S/c1-3-27(44)41-8-9-42(17(2)14-41)31-21-11-22(33)28(20-12-24(35)25(36)13-23(20)34)30-29(21)43(32(45)39-31)19(16-46-30)10-18-4-6-40(7-5-18)15-26(37)38;/h3,11-13,17-19,26H,1,4-10,14-16H2,2H3;1H2/t17-,19-;/m0./s1. The molecule has 254 valence electrons. The summed E-state index contributed by atoms with van der Waals surface area (Å²) in [6.07, 6.45) is 0.894. The van der Waals surface area contributed by atoms with Gasteiger partial charge in [-0.3, -0.25) is 14.3 Å². The zero-order valence-electron chi connectivity index (χ0n) is 25.6. The normalized spacial score (nSPS) is 20.5. The molecule has 2 fully saturated rings. The van der Waals surface area contributed by atoms with Gasteiger partial charge in [-0.15, -0.1) is 11.8 Å². The van der Waals surface area contributed by atoms with Crippen LogP contribution in [0.15, 0.2) is 40.5 Å². The Morgan fingerprint density at radius 1 is 1.11 bits per heavy atom. The van der Waals surface area contributed by atoms with Gasteiger partial charge < -0.3 is 9.80 Å². The van der Waals surface area contributed by atoms with Crippen molar-refractivity contribution in [1.29, 1.82) is 0 Å². The lowest BCUT2D eigenvalue weighted by Crippen LogP contribution is -2.54. The fraction of sp³-hybridized carbons (Fsp3) is 0.469. The Hall–Kier alpha value is -2.81. The van der Waals surface area contributed by atoms with E-state index in [0.717, 1.165) is 6.07 Å². The van der Waals surface area contributed by atoms with Crippen molar-refractivity contribution in [3.8, 4) is 11.1 Å². The van der Waals surface area contributed by atoms with Gasteiger partial charge in [0, 0.05) is 64.9 Å². The van der Waals surface area contributed by atoms with Gasteiger partial charge in [0.05, 0.1) is 17.1 Å². The predicted octanol–water partition coefficient (Wildman–Crippen LogP) is 6.48. The van der Waals surface area contributed by atoms with E-state index in [1.165, 1.54) is 17.8 Å². The lowest BCUT2D eigenvalue weighted by molar-refractivity contribution is -0.126. The van der Waals surface area contributed by atoms with Gasteiger partial charge in [0.1, 0.15) is 11.6 Å². The maximum atomic E-state index is 15.2. The molecular weight excluding hydrogens is 681 g/mol. The van der Waals surface area contributed by atoms with E-state index in [2.05, 4.69) is 11.6 Å². The zero-order valence-corrected chi connectivity index (χ0v) is 28.2. The number of anilines is 1. The molecule has 4 heterocycles. The van der Waals surface area contributed by atoms with Crippen molar-refractivity contribution in [1.82, 2.24) is 19.4 Å². The summed E-state index contributed by atoms with van der Waals surface area (Å²) in [4.78, 5) is 36.7. The Balaban J connectivity index is 0.00000433. The van der Waals surface area contributed by atoms with E-state index in [1.807, 2.05) is 11.8 Å². The van der Waals surface area contributed by atoms with E-state index >= 15 is 4.39 Å². The van der Waals surface area contributed by atoms with E-state index in [0.29, 0.717) is 85.4 Å². The minimum atomic E-state index is -2.40. The van der Waals surface area contributed by atoms with E-state index < -0.39 is 29.6 Å². The maximum absolute atomic E-state index is 15.2. The Kier molecular flexibility index (Phi) is 10.8. The van der Waals surface area contributed by atoms with E-state index in [-0.39, 0.29) is 60.1 Å². The number of carbonyl (C=O) groups excluding carboxylic acids is 1. The number of piperidine rings is 1. The van der Waals surface area contributed by atoms with Crippen molar-refractivity contribution >= 4 is 59.5 Å². The molecule has 0 unspecified atom stereocenters. The van der Waals surface area contributed by atoms with Crippen molar-refractivity contribution in [3.05, 3.63) is 63.8 Å². The van der Waals surface area contributed by atoms with Crippen LogP contribution in [0.5, 0.6) is 0 Å². The summed E-state index contributed by atoms with van der Waals surface area (Å²) in [6, 6.07) is 2.32. The van der Waals surface area contributed by atoms with Crippen LogP contribution < -0.4 is 10.6 Å². The number of piperazine rings is 1. The summed E-state index contributed by atoms with van der Waals surface area (Å²) in [7, 11) is 0. The van der Waals surface area contributed by atoms with Crippen LogP contribution >= 0.6 is 36.9 Å². The number of carbonyl (C=O) groups is 1. The van der Waals surface area contributed by atoms with Gasteiger partial charge in [-0.05, 0) is 63.4 Å². The van der Waals surface area contributed by atoms with Gasteiger partial charge in [-0.2, -0.15) is 18.5 Å². The fourth-order valence-corrected chi connectivity index (χ4v) is 8.72. The highest BCUT2D eigenvalue weighted by molar-refractivity contribution is 7.99. The minimum absolute atomic E-state index is 0. The van der Waals surface area contributed by atoms with Crippen LogP contribution in [-0.2, 0) is 4.79 Å². The summed E-state index contributed by atoms with van der Waals surface area (Å²) in [5.41, 5.74) is -0.0961. The molecule has 2 atom stereocenters. The van der Waals surface area contributed by atoms with Crippen molar-refractivity contribution < 1.29 is 26.7 Å². The number of benzene rings is 2. The summed E-state index contributed by atoms with van der Waals surface area (Å²) in [6.45, 7) is 7.44. The second-order valence-electron chi connectivity index (χ2n) is 12.2. The molecule has 1 amide bonds. The number of thioether (sulfide) groups is 1. The maximum Gasteiger partial charge on any atom is 0.350 e. The SMILES string of the molecule is C=CC(=O)N1CCN(c2nc(=O)n3c4c(c(-c5cc(F)c(F)cc5F)c(Cl)cc24)SC[C@@H]3CC2CCN(CC(F)F)CC2)[C@@H](C)C1.S. The molecule has 2 aromatic carbocycles. The molecule has 2 saturated heterocycles. The zero-order chi connectivity index (χ0) is 32.9. The van der Waals surface area contributed by atoms with Gasteiger partial charge in [-0.25, -0.2) is 26.7 Å². The highest BCUT2D eigenvalue weighted by atomic mass is 35.5. The molecule has 0 N–H and O–H groups in total. The van der Waals surface area contributed by atoms with Crippen LogP contribution in [0.2, 0.25) is 5.02 Å². The van der Waals surface area contributed by atoms with E-state index in [4.69, 9.17) is 11.6 Å². The van der Waals surface area contributed by atoms with Crippen LogP contribution in [0, 0.1) is 23.4 Å². The van der Waals surface area contributed by atoms with Gasteiger partial charge in [0.2, 0.25) is 5.91 Å². The van der Waals surface area contributed by atoms with Crippen LogP contribution in [0.3, 0.4) is 0 Å². The second kappa shape index (κ2) is 14.4. The van der Waals surface area contributed by atoms with Crippen LogP contribution in [-0.4, -0.2) is 82.7 Å². The molecule has 0 aliphatic carbocycles. The molecule has 3 aliphatic rings. The Morgan fingerprint density at radius 3 is 2.47 bits per heavy atom. The number of nitrogens with zero attached hydrogens (tertiary/aromatic N) is 5. The number of amides is 1. The molecule has 1 aromatic heterocycles. The van der Waals surface area contributed by atoms with Gasteiger partial charge in [-0.1, -0.05) is 18.2 Å². The molecule has 7 nitrogen and oxygen atoms in total. The number of aromatic nitrogens is 2. The first-order valence-corrected chi connectivity index (χ1v) is 16.6. The largest absolute Gasteiger partial charge is 0.350 e. The topological polar surface area (TPSA) is 61.7 Å². The van der Waals surface area contributed by atoms with E-state index in [1.54, 1.807) is 20.4 Å². The summed E-state index contributed by atoms with van der Waals surface area (Å²) < 4.78 is 71.0.